The summed E-state index contributed by atoms with van der Waals surface area (Å²) in [6, 6.07) is 6.00. The molecular formula is C11H14ClN2O+. The van der Waals surface area contributed by atoms with Gasteiger partial charge in [0.25, 0.3) is 0 Å². The Morgan fingerprint density at radius 1 is 1.47 bits per heavy atom. The molecule has 0 atom stereocenters. The lowest BCUT2D eigenvalue weighted by Gasteiger charge is -2.03. The lowest BCUT2D eigenvalue weighted by Crippen LogP contribution is -2.40. The molecule has 0 bridgehead atoms. The molecule has 3 N–H and O–H groups in total. The van der Waals surface area contributed by atoms with E-state index in [1.165, 1.54) is 0 Å². The molecule has 0 saturated heterocycles. The Hall–Kier alpha value is -1.03. The van der Waals surface area contributed by atoms with Gasteiger partial charge in [0.2, 0.25) is 0 Å². The molecule has 1 aromatic carbocycles. The van der Waals surface area contributed by atoms with Crippen LogP contribution in [0.4, 0.5) is 5.69 Å². The molecule has 0 amide bonds. The van der Waals surface area contributed by atoms with Gasteiger partial charge in [-0.1, -0.05) is 17.7 Å². The smallest absolute Gasteiger partial charge is 0.138 e. The summed E-state index contributed by atoms with van der Waals surface area (Å²) in [6.45, 7) is 1.49. The number of hydrogen-bond acceptors (Lipinski definition) is 1. The first-order chi connectivity index (χ1) is 7.24. The molecule has 0 saturated carbocycles. The van der Waals surface area contributed by atoms with Crippen LogP contribution in [0.3, 0.4) is 0 Å². The fraction of sp³-hybridized carbons (Fsp3) is 0.273. The minimum atomic E-state index is 0.682. The normalized spacial score (nSPS) is 11.1. The van der Waals surface area contributed by atoms with Gasteiger partial charge in [0.1, 0.15) is 5.69 Å². The predicted molar refractivity (Wildman–Crippen MR) is 61.4 cm³/mol. The van der Waals surface area contributed by atoms with E-state index in [9.17, 15) is 0 Å². The van der Waals surface area contributed by atoms with Crippen molar-refractivity contribution < 1.29 is 10.5 Å². The van der Waals surface area contributed by atoms with Crippen LogP contribution in [0.5, 0.6) is 0 Å². The van der Waals surface area contributed by atoms with Gasteiger partial charge in [-0.3, -0.25) is 0 Å². The summed E-state index contributed by atoms with van der Waals surface area (Å²) in [4.78, 5) is 0. The fourth-order valence-corrected chi connectivity index (χ4v) is 2.08. The molecule has 0 aliphatic carbocycles. The van der Waals surface area contributed by atoms with E-state index in [-0.39, 0.29) is 0 Å². The molecule has 0 aliphatic rings. The number of methoxy groups -OCH3 is 1. The van der Waals surface area contributed by atoms with Crippen molar-refractivity contribution >= 4 is 28.2 Å². The zero-order valence-electron chi connectivity index (χ0n) is 8.66. The topological polar surface area (TPSA) is 41.8 Å². The van der Waals surface area contributed by atoms with E-state index in [1.807, 2.05) is 24.4 Å². The summed E-state index contributed by atoms with van der Waals surface area (Å²) in [6.07, 6.45) is 1.93. The van der Waals surface area contributed by atoms with Crippen LogP contribution in [-0.2, 0) is 11.3 Å². The molecule has 15 heavy (non-hydrogen) atoms. The van der Waals surface area contributed by atoms with Gasteiger partial charge in [-0.05, 0) is 12.1 Å². The maximum absolute atomic E-state index is 6.16. The predicted octanol–water partition coefficient (Wildman–Crippen LogP) is 1.81. The number of ether oxygens (including phenoxy) is 1. The first-order valence-corrected chi connectivity index (χ1v) is 5.20. The third kappa shape index (κ3) is 1.86. The maximum Gasteiger partial charge on any atom is 0.138 e. The van der Waals surface area contributed by atoms with Crippen LogP contribution < -0.4 is 5.73 Å². The highest BCUT2D eigenvalue weighted by molar-refractivity contribution is 6.36. The Morgan fingerprint density at radius 3 is 3.00 bits per heavy atom. The highest BCUT2D eigenvalue weighted by Crippen LogP contribution is 2.29. The van der Waals surface area contributed by atoms with Crippen molar-refractivity contribution in [2.45, 2.75) is 6.54 Å². The van der Waals surface area contributed by atoms with Crippen LogP contribution in [-0.4, -0.2) is 18.3 Å². The van der Waals surface area contributed by atoms with Crippen molar-refractivity contribution in [2.24, 2.45) is 0 Å². The van der Waals surface area contributed by atoms with E-state index in [2.05, 4.69) is 10.3 Å². The minimum Gasteiger partial charge on any atom is -0.383 e. The van der Waals surface area contributed by atoms with Gasteiger partial charge in [0, 0.05) is 19.9 Å². The quantitative estimate of drug-likeness (QED) is 0.851. The van der Waals surface area contributed by atoms with Gasteiger partial charge in [-0.25, -0.2) is 0 Å². The highest BCUT2D eigenvalue weighted by Gasteiger charge is 2.10. The molecule has 0 spiro atoms. The number of halogens is 1. The molecular weight excluding hydrogens is 212 g/mol. The molecule has 0 fully saturated rings. The average molecular weight is 226 g/mol. The molecule has 3 nitrogen and oxygen atoms in total. The number of fused-ring (bicyclic) bond motifs is 1. The number of aromatic nitrogens is 1. The largest absolute Gasteiger partial charge is 0.383 e. The summed E-state index contributed by atoms with van der Waals surface area (Å²) in [7, 11) is 1.69. The summed E-state index contributed by atoms with van der Waals surface area (Å²) < 4.78 is 7.15. The van der Waals surface area contributed by atoms with Crippen LogP contribution in [0.15, 0.2) is 24.4 Å². The standard InChI is InChI=1S/C11H13ClN2O/c1-15-6-5-14-7-8(12)11-9(13)3-2-4-10(11)14/h2-4,7H,5-6,13H2,1H3/p+1. The second-order valence-electron chi connectivity index (χ2n) is 3.47. The molecule has 1 aromatic heterocycles. The lowest BCUT2D eigenvalue weighted by molar-refractivity contribution is -0.252. The summed E-state index contributed by atoms with van der Waals surface area (Å²) in [5.74, 6) is 0. The van der Waals surface area contributed by atoms with Crippen molar-refractivity contribution in [3.8, 4) is 0 Å². The molecule has 0 unspecified atom stereocenters. The van der Waals surface area contributed by atoms with E-state index in [1.54, 1.807) is 7.11 Å². The van der Waals surface area contributed by atoms with Gasteiger partial charge in [0.05, 0.1) is 22.5 Å². The van der Waals surface area contributed by atoms with Gasteiger partial charge in [-0.15, -0.1) is 0 Å². The SMILES string of the molecule is COCCn1cc(Cl)c2c([NH3+])cccc21. The van der Waals surface area contributed by atoms with Gasteiger partial charge < -0.3 is 15.0 Å². The number of nitrogens with zero attached hydrogens (tertiary/aromatic N) is 1. The molecule has 0 aliphatic heterocycles. The molecule has 2 rings (SSSR count). The zero-order chi connectivity index (χ0) is 10.8. The molecule has 80 valence electrons. The third-order valence-corrected chi connectivity index (χ3v) is 2.77. The Morgan fingerprint density at radius 2 is 2.27 bits per heavy atom. The number of benzene rings is 1. The van der Waals surface area contributed by atoms with E-state index in [0.717, 1.165) is 28.2 Å². The van der Waals surface area contributed by atoms with Crippen LogP contribution >= 0.6 is 11.6 Å². The van der Waals surface area contributed by atoms with Crippen molar-refractivity contribution in [1.29, 1.82) is 0 Å². The second-order valence-corrected chi connectivity index (χ2v) is 3.88. The second kappa shape index (κ2) is 4.23. The number of hydrogen-bond donors (Lipinski definition) is 1. The van der Waals surface area contributed by atoms with Crippen LogP contribution in [0.25, 0.3) is 10.9 Å². The zero-order valence-corrected chi connectivity index (χ0v) is 9.42. The number of rotatable bonds is 3. The van der Waals surface area contributed by atoms with Crippen molar-refractivity contribution in [2.75, 3.05) is 13.7 Å². The maximum atomic E-state index is 6.16. The average Bonchev–Trinajstić information content (AvgIpc) is 2.54. The fourth-order valence-electron chi connectivity index (χ4n) is 1.75. The Balaban J connectivity index is 2.53. The van der Waals surface area contributed by atoms with Crippen LogP contribution in [0.2, 0.25) is 5.02 Å². The Bertz CT molecular complexity index is 479. The van der Waals surface area contributed by atoms with Crippen molar-refractivity contribution in [3.63, 3.8) is 0 Å². The van der Waals surface area contributed by atoms with Gasteiger partial charge >= 0.3 is 0 Å². The Labute approximate surface area is 93.4 Å². The van der Waals surface area contributed by atoms with Crippen molar-refractivity contribution in [3.05, 3.63) is 29.4 Å². The molecule has 1 heterocycles. The van der Waals surface area contributed by atoms with E-state index < -0.39 is 0 Å². The van der Waals surface area contributed by atoms with E-state index in [0.29, 0.717) is 6.61 Å². The van der Waals surface area contributed by atoms with Crippen LogP contribution in [0, 0.1) is 0 Å². The third-order valence-electron chi connectivity index (χ3n) is 2.48. The Kier molecular flexibility index (Phi) is 2.95. The summed E-state index contributed by atoms with van der Waals surface area (Å²) >= 11 is 6.16. The number of quaternary nitrogens is 1. The molecule has 4 heteroatoms. The highest BCUT2D eigenvalue weighted by atomic mass is 35.5. The van der Waals surface area contributed by atoms with Gasteiger partial charge in [-0.2, -0.15) is 0 Å². The summed E-state index contributed by atoms with van der Waals surface area (Å²) in [5, 5.41) is 1.79. The minimum absolute atomic E-state index is 0.682. The van der Waals surface area contributed by atoms with Crippen molar-refractivity contribution in [1.82, 2.24) is 4.57 Å². The summed E-state index contributed by atoms with van der Waals surface area (Å²) in [5.41, 5.74) is 6.06. The van der Waals surface area contributed by atoms with Gasteiger partial charge in [0.15, 0.2) is 0 Å². The van der Waals surface area contributed by atoms with E-state index >= 15 is 0 Å². The first kappa shape index (κ1) is 10.5. The monoisotopic (exact) mass is 225 g/mol. The lowest BCUT2D eigenvalue weighted by atomic mass is 10.2. The van der Waals surface area contributed by atoms with E-state index in [4.69, 9.17) is 16.3 Å². The first-order valence-electron chi connectivity index (χ1n) is 4.82. The molecule has 0 radical (unpaired) electrons. The molecule has 2 aromatic rings. The van der Waals surface area contributed by atoms with Crippen LogP contribution in [0.1, 0.15) is 0 Å².